The molecule has 0 saturated carbocycles. The number of halogens is 1. The van der Waals surface area contributed by atoms with Crippen LogP contribution in [0.3, 0.4) is 0 Å². The van der Waals surface area contributed by atoms with Gasteiger partial charge in [0.25, 0.3) is 0 Å². The predicted molar refractivity (Wildman–Crippen MR) is 57.2 cm³/mol. The highest BCUT2D eigenvalue weighted by Crippen LogP contribution is 2.23. The summed E-state index contributed by atoms with van der Waals surface area (Å²) in [5, 5.41) is 0.490. The Morgan fingerprint density at radius 3 is 2.79 bits per heavy atom. The fourth-order valence-electron chi connectivity index (χ4n) is 1.21. The number of rotatable bonds is 4. The molecule has 0 bridgehead atoms. The first kappa shape index (κ1) is 11.1. The molecule has 0 heterocycles. The normalized spacial score (nSPS) is 9.93. The maximum atomic E-state index is 11.6. The van der Waals surface area contributed by atoms with Crippen molar-refractivity contribution >= 4 is 17.4 Å². The number of benzene rings is 1. The van der Waals surface area contributed by atoms with Gasteiger partial charge >= 0.3 is 0 Å². The van der Waals surface area contributed by atoms with Crippen LogP contribution in [0.25, 0.3) is 0 Å². The number of hydrogen-bond acceptors (Lipinski definition) is 2. The zero-order valence-corrected chi connectivity index (χ0v) is 9.10. The molecule has 0 aromatic heterocycles. The first-order valence-electron chi connectivity index (χ1n) is 4.55. The maximum absolute atomic E-state index is 11.6. The highest BCUT2D eigenvalue weighted by molar-refractivity contribution is 6.34. The van der Waals surface area contributed by atoms with E-state index in [9.17, 15) is 4.79 Å². The molecule has 76 valence electrons. The van der Waals surface area contributed by atoms with Gasteiger partial charge in [-0.15, -0.1) is 0 Å². The van der Waals surface area contributed by atoms with Gasteiger partial charge in [-0.3, -0.25) is 4.79 Å². The molecule has 1 aromatic carbocycles. The molecule has 0 amide bonds. The molecule has 14 heavy (non-hydrogen) atoms. The monoisotopic (exact) mass is 212 g/mol. The van der Waals surface area contributed by atoms with Gasteiger partial charge in [0.15, 0.2) is 5.78 Å². The van der Waals surface area contributed by atoms with Crippen molar-refractivity contribution in [2.75, 3.05) is 7.11 Å². The van der Waals surface area contributed by atoms with Crippen LogP contribution in [0, 0.1) is 0 Å². The van der Waals surface area contributed by atoms with Gasteiger partial charge < -0.3 is 4.74 Å². The second-order valence-corrected chi connectivity index (χ2v) is 3.43. The Bertz CT molecular complexity index is 334. The molecule has 0 atom stereocenters. The lowest BCUT2D eigenvalue weighted by molar-refractivity contribution is 0.0981. The van der Waals surface area contributed by atoms with E-state index >= 15 is 0 Å². The lowest BCUT2D eigenvalue weighted by Gasteiger charge is -2.05. The number of hydrogen-bond donors (Lipinski definition) is 0. The summed E-state index contributed by atoms with van der Waals surface area (Å²) in [6.07, 6.45) is 1.35. The van der Waals surface area contributed by atoms with Gasteiger partial charge in [-0.25, -0.2) is 0 Å². The van der Waals surface area contributed by atoms with Gasteiger partial charge in [-0.05, 0) is 24.6 Å². The minimum absolute atomic E-state index is 0.0661. The molecule has 1 rings (SSSR count). The SMILES string of the molecule is CCCC(=O)c1cc(OC)ccc1Cl. The number of carbonyl (C=O) groups is 1. The van der Waals surface area contributed by atoms with Crippen LogP contribution in [0.4, 0.5) is 0 Å². The molecule has 0 aliphatic carbocycles. The number of methoxy groups -OCH3 is 1. The second kappa shape index (κ2) is 5.01. The molecule has 2 nitrogen and oxygen atoms in total. The molecule has 0 aliphatic rings. The van der Waals surface area contributed by atoms with Gasteiger partial charge in [-0.1, -0.05) is 18.5 Å². The summed E-state index contributed by atoms with van der Waals surface area (Å²) in [6, 6.07) is 5.11. The smallest absolute Gasteiger partial charge is 0.164 e. The van der Waals surface area contributed by atoms with E-state index in [4.69, 9.17) is 16.3 Å². The van der Waals surface area contributed by atoms with E-state index in [1.54, 1.807) is 25.3 Å². The van der Waals surface area contributed by atoms with Crippen LogP contribution in [-0.2, 0) is 0 Å². The third kappa shape index (κ3) is 2.48. The first-order chi connectivity index (χ1) is 6.69. The number of Topliss-reactive ketones (excluding diaryl/α,β-unsaturated/α-hetero) is 1. The van der Waals surface area contributed by atoms with Crippen molar-refractivity contribution in [1.82, 2.24) is 0 Å². The van der Waals surface area contributed by atoms with Crippen LogP contribution in [0.5, 0.6) is 5.75 Å². The van der Waals surface area contributed by atoms with Crippen LogP contribution < -0.4 is 4.74 Å². The second-order valence-electron chi connectivity index (χ2n) is 3.02. The number of carbonyl (C=O) groups excluding carboxylic acids is 1. The Labute approximate surface area is 88.8 Å². The minimum Gasteiger partial charge on any atom is -0.497 e. The standard InChI is InChI=1S/C11H13ClO2/c1-3-4-11(13)9-7-8(14-2)5-6-10(9)12/h5-7H,3-4H2,1-2H3. The highest BCUT2D eigenvalue weighted by atomic mass is 35.5. The topological polar surface area (TPSA) is 26.3 Å². The quantitative estimate of drug-likeness (QED) is 0.716. The first-order valence-corrected chi connectivity index (χ1v) is 4.93. The zero-order chi connectivity index (χ0) is 10.6. The molecule has 0 fully saturated rings. The van der Waals surface area contributed by atoms with E-state index in [-0.39, 0.29) is 5.78 Å². The third-order valence-corrected chi connectivity index (χ3v) is 2.28. The summed E-state index contributed by atoms with van der Waals surface area (Å²) in [5.41, 5.74) is 0.549. The van der Waals surface area contributed by atoms with Crippen molar-refractivity contribution in [3.8, 4) is 5.75 Å². The minimum atomic E-state index is 0.0661. The number of ether oxygens (including phenoxy) is 1. The Morgan fingerprint density at radius 2 is 2.21 bits per heavy atom. The van der Waals surface area contributed by atoms with E-state index in [0.29, 0.717) is 22.8 Å². The lowest BCUT2D eigenvalue weighted by Crippen LogP contribution is -1.99. The molecule has 3 heteroatoms. The van der Waals surface area contributed by atoms with Gasteiger partial charge in [0, 0.05) is 12.0 Å². The summed E-state index contributed by atoms with van der Waals surface area (Å²) >= 11 is 5.91. The summed E-state index contributed by atoms with van der Waals surface area (Å²) < 4.78 is 5.03. The molecule has 0 radical (unpaired) electrons. The van der Waals surface area contributed by atoms with Crippen molar-refractivity contribution < 1.29 is 9.53 Å². The Morgan fingerprint density at radius 1 is 1.50 bits per heavy atom. The molecule has 0 aliphatic heterocycles. The molecular weight excluding hydrogens is 200 g/mol. The van der Waals surface area contributed by atoms with Crippen molar-refractivity contribution in [2.45, 2.75) is 19.8 Å². The Kier molecular flexibility index (Phi) is 3.96. The van der Waals surface area contributed by atoms with E-state index in [2.05, 4.69) is 0 Å². The fourth-order valence-corrected chi connectivity index (χ4v) is 1.43. The van der Waals surface area contributed by atoms with Crippen LogP contribution in [0.15, 0.2) is 18.2 Å². The van der Waals surface area contributed by atoms with Crippen molar-refractivity contribution in [2.24, 2.45) is 0 Å². The number of ketones is 1. The molecule has 0 saturated heterocycles. The van der Waals surface area contributed by atoms with Crippen LogP contribution in [0.1, 0.15) is 30.1 Å². The van der Waals surface area contributed by atoms with Crippen molar-refractivity contribution in [3.63, 3.8) is 0 Å². The maximum Gasteiger partial charge on any atom is 0.164 e. The largest absolute Gasteiger partial charge is 0.497 e. The average Bonchev–Trinajstić information content (AvgIpc) is 2.19. The van der Waals surface area contributed by atoms with Gasteiger partial charge in [0.1, 0.15) is 5.75 Å². The lowest BCUT2D eigenvalue weighted by atomic mass is 10.1. The molecule has 1 aromatic rings. The van der Waals surface area contributed by atoms with Gasteiger partial charge in [-0.2, -0.15) is 0 Å². The van der Waals surface area contributed by atoms with E-state index in [1.807, 2.05) is 6.92 Å². The predicted octanol–water partition coefficient (Wildman–Crippen LogP) is 3.33. The van der Waals surface area contributed by atoms with E-state index < -0.39 is 0 Å². The van der Waals surface area contributed by atoms with Gasteiger partial charge in [0.05, 0.1) is 12.1 Å². The molecule has 0 spiro atoms. The average molecular weight is 213 g/mol. The third-order valence-electron chi connectivity index (χ3n) is 1.95. The van der Waals surface area contributed by atoms with Crippen molar-refractivity contribution in [3.05, 3.63) is 28.8 Å². The summed E-state index contributed by atoms with van der Waals surface area (Å²) in [6.45, 7) is 1.96. The summed E-state index contributed by atoms with van der Waals surface area (Å²) in [5.74, 6) is 0.727. The van der Waals surface area contributed by atoms with E-state index in [1.165, 1.54) is 0 Å². The zero-order valence-electron chi connectivity index (χ0n) is 8.34. The van der Waals surface area contributed by atoms with Crippen LogP contribution >= 0.6 is 11.6 Å². The molecule has 0 N–H and O–H groups in total. The van der Waals surface area contributed by atoms with Gasteiger partial charge in [0.2, 0.25) is 0 Å². The molecular formula is C11H13ClO2. The Balaban J connectivity index is 2.99. The summed E-state index contributed by atoms with van der Waals surface area (Å²) in [4.78, 5) is 11.6. The van der Waals surface area contributed by atoms with Crippen LogP contribution in [-0.4, -0.2) is 12.9 Å². The fraction of sp³-hybridized carbons (Fsp3) is 0.364. The van der Waals surface area contributed by atoms with E-state index in [0.717, 1.165) is 6.42 Å². The molecule has 0 unspecified atom stereocenters. The highest BCUT2D eigenvalue weighted by Gasteiger charge is 2.10. The Hall–Kier alpha value is -1.02. The van der Waals surface area contributed by atoms with Crippen molar-refractivity contribution in [1.29, 1.82) is 0 Å². The summed E-state index contributed by atoms with van der Waals surface area (Å²) in [7, 11) is 1.57. The van der Waals surface area contributed by atoms with Crippen LogP contribution in [0.2, 0.25) is 5.02 Å².